The number of nitrogens with zero attached hydrogens (tertiary/aromatic N) is 1. The minimum Gasteiger partial charge on any atom is -0.494 e. The lowest BCUT2D eigenvalue weighted by Crippen LogP contribution is -2.19. The quantitative estimate of drug-likeness (QED) is 0.664. The summed E-state index contributed by atoms with van der Waals surface area (Å²) in [5, 5.41) is 10.1. The summed E-state index contributed by atoms with van der Waals surface area (Å²) in [4.78, 5) is 24.5. The molecule has 26 heavy (non-hydrogen) atoms. The van der Waals surface area contributed by atoms with Crippen LogP contribution in [0.5, 0.6) is 5.75 Å². The number of carbonyl (C=O) groups is 1. The number of unbranched alkanes of at least 4 members (excludes halogenated alkanes) is 1. The average Bonchev–Trinajstić information content (AvgIpc) is 2.64. The molecule has 0 aliphatic heterocycles. The number of fused-ring (bicyclic) bond motifs is 1. The summed E-state index contributed by atoms with van der Waals surface area (Å²) < 4.78 is 5.68. The van der Waals surface area contributed by atoms with E-state index < -0.39 is 0 Å². The molecule has 2 aromatic carbocycles. The van der Waals surface area contributed by atoms with Gasteiger partial charge in [-0.25, -0.2) is 5.10 Å². The van der Waals surface area contributed by atoms with E-state index in [9.17, 15) is 9.59 Å². The minimum absolute atomic E-state index is 0.183. The van der Waals surface area contributed by atoms with Crippen LogP contribution in [0.1, 0.15) is 35.8 Å². The lowest BCUT2D eigenvalue weighted by Gasteiger charge is -2.11. The molecule has 0 spiro atoms. The molecule has 0 unspecified atom stereocenters. The number of hydrogen-bond acceptors (Lipinski definition) is 4. The van der Waals surface area contributed by atoms with Gasteiger partial charge in [-0.1, -0.05) is 31.5 Å². The third-order valence-corrected chi connectivity index (χ3v) is 4.12. The van der Waals surface area contributed by atoms with Gasteiger partial charge in [0.15, 0.2) is 5.69 Å². The molecule has 0 aliphatic rings. The molecule has 0 aliphatic carbocycles. The zero-order valence-electron chi connectivity index (χ0n) is 14.8. The standard InChI is InChI=1S/C20H21N3O3/c1-3-4-11-26-14-9-10-17(13(2)12-14)21-20(25)18-15-7-5-6-8-16(15)19(24)23-22-18/h5-10,12H,3-4,11H2,1-2H3,(H,21,25)(H,23,24). The molecule has 6 heteroatoms. The Morgan fingerprint density at radius 1 is 1.19 bits per heavy atom. The number of aryl methyl sites for hydroxylation is 1. The van der Waals surface area contributed by atoms with E-state index in [1.807, 2.05) is 25.1 Å². The van der Waals surface area contributed by atoms with Gasteiger partial charge in [-0.05, 0) is 43.2 Å². The first kappa shape index (κ1) is 17.7. The Labute approximate surface area is 151 Å². The molecule has 0 fully saturated rings. The molecule has 0 radical (unpaired) electrons. The molecule has 0 atom stereocenters. The molecule has 1 aromatic heterocycles. The SMILES string of the molecule is CCCCOc1ccc(NC(=O)c2n[nH]c(=O)c3ccccc23)c(C)c1. The molecule has 6 nitrogen and oxygen atoms in total. The van der Waals surface area contributed by atoms with Crippen LogP contribution < -0.4 is 15.6 Å². The first-order valence-corrected chi connectivity index (χ1v) is 8.62. The van der Waals surface area contributed by atoms with Crippen molar-refractivity contribution >= 4 is 22.4 Å². The van der Waals surface area contributed by atoms with E-state index in [4.69, 9.17) is 4.74 Å². The third kappa shape index (κ3) is 3.74. The zero-order valence-corrected chi connectivity index (χ0v) is 14.8. The zero-order chi connectivity index (χ0) is 18.5. The first-order valence-electron chi connectivity index (χ1n) is 8.62. The Balaban J connectivity index is 1.83. The molecule has 0 bridgehead atoms. The van der Waals surface area contributed by atoms with Gasteiger partial charge in [-0.2, -0.15) is 5.10 Å². The molecular weight excluding hydrogens is 330 g/mol. The largest absolute Gasteiger partial charge is 0.494 e. The van der Waals surface area contributed by atoms with Crippen molar-refractivity contribution in [2.75, 3.05) is 11.9 Å². The Morgan fingerprint density at radius 3 is 2.69 bits per heavy atom. The van der Waals surface area contributed by atoms with Crippen LogP contribution in [0, 0.1) is 6.92 Å². The van der Waals surface area contributed by atoms with Gasteiger partial charge in [0.05, 0.1) is 12.0 Å². The van der Waals surface area contributed by atoms with E-state index in [0.717, 1.165) is 24.2 Å². The fourth-order valence-electron chi connectivity index (χ4n) is 2.67. The van der Waals surface area contributed by atoms with Crippen LogP contribution in [-0.4, -0.2) is 22.7 Å². The van der Waals surface area contributed by atoms with Gasteiger partial charge in [0.1, 0.15) is 5.75 Å². The molecule has 1 amide bonds. The number of H-pyrrole nitrogens is 1. The molecule has 0 saturated heterocycles. The number of aromatic amines is 1. The molecule has 1 heterocycles. The first-order chi connectivity index (χ1) is 12.6. The summed E-state index contributed by atoms with van der Waals surface area (Å²) in [6.45, 7) is 4.69. The van der Waals surface area contributed by atoms with E-state index in [1.165, 1.54) is 0 Å². The Kier molecular flexibility index (Phi) is 5.31. The van der Waals surface area contributed by atoms with Gasteiger partial charge in [-0.15, -0.1) is 0 Å². The Hall–Kier alpha value is -3.15. The van der Waals surface area contributed by atoms with Crippen LogP contribution in [0.4, 0.5) is 5.69 Å². The van der Waals surface area contributed by atoms with E-state index in [0.29, 0.717) is 23.1 Å². The van der Waals surface area contributed by atoms with Crippen molar-refractivity contribution in [3.05, 3.63) is 64.1 Å². The van der Waals surface area contributed by atoms with Crippen molar-refractivity contribution in [2.24, 2.45) is 0 Å². The highest BCUT2D eigenvalue weighted by molar-refractivity contribution is 6.11. The smallest absolute Gasteiger partial charge is 0.276 e. The predicted octanol–water partition coefficient (Wildman–Crippen LogP) is 3.66. The summed E-state index contributed by atoms with van der Waals surface area (Å²) in [7, 11) is 0. The molecular formula is C20H21N3O3. The van der Waals surface area contributed by atoms with E-state index >= 15 is 0 Å². The summed E-state index contributed by atoms with van der Waals surface area (Å²) in [5.74, 6) is 0.404. The van der Waals surface area contributed by atoms with Gasteiger partial charge in [0, 0.05) is 11.1 Å². The van der Waals surface area contributed by atoms with Gasteiger partial charge in [-0.3, -0.25) is 9.59 Å². The highest BCUT2D eigenvalue weighted by atomic mass is 16.5. The van der Waals surface area contributed by atoms with Gasteiger partial charge in [0.2, 0.25) is 0 Å². The maximum Gasteiger partial charge on any atom is 0.276 e. The number of nitrogens with one attached hydrogen (secondary N) is 2. The van der Waals surface area contributed by atoms with E-state index in [-0.39, 0.29) is 17.2 Å². The van der Waals surface area contributed by atoms with Gasteiger partial charge in [0.25, 0.3) is 11.5 Å². The van der Waals surface area contributed by atoms with Crippen LogP contribution >= 0.6 is 0 Å². The number of amides is 1. The minimum atomic E-state index is -0.375. The molecule has 0 saturated carbocycles. The van der Waals surface area contributed by atoms with Crippen molar-refractivity contribution in [2.45, 2.75) is 26.7 Å². The predicted molar refractivity (Wildman–Crippen MR) is 102 cm³/mol. The maximum atomic E-state index is 12.7. The van der Waals surface area contributed by atoms with Crippen molar-refractivity contribution in [1.29, 1.82) is 0 Å². The van der Waals surface area contributed by atoms with E-state index in [2.05, 4.69) is 22.4 Å². The second-order valence-electron chi connectivity index (χ2n) is 6.08. The van der Waals surface area contributed by atoms with Crippen molar-refractivity contribution in [1.82, 2.24) is 10.2 Å². The molecule has 134 valence electrons. The van der Waals surface area contributed by atoms with Crippen LogP contribution in [0.3, 0.4) is 0 Å². The number of ether oxygens (including phenoxy) is 1. The van der Waals surface area contributed by atoms with Crippen LogP contribution in [0.25, 0.3) is 10.8 Å². The Bertz CT molecular complexity index is 995. The highest BCUT2D eigenvalue weighted by Gasteiger charge is 2.15. The number of hydrogen-bond donors (Lipinski definition) is 2. The lowest BCUT2D eigenvalue weighted by atomic mass is 10.1. The second kappa shape index (κ2) is 7.82. The van der Waals surface area contributed by atoms with Crippen molar-refractivity contribution < 1.29 is 9.53 Å². The van der Waals surface area contributed by atoms with Gasteiger partial charge < -0.3 is 10.1 Å². The topological polar surface area (TPSA) is 84.1 Å². The fourth-order valence-corrected chi connectivity index (χ4v) is 2.67. The van der Waals surface area contributed by atoms with Crippen LogP contribution in [0.15, 0.2) is 47.3 Å². The van der Waals surface area contributed by atoms with Gasteiger partial charge >= 0.3 is 0 Å². The fraction of sp³-hybridized carbons (Fsp3) is 0.250. The Morgan fingerprint density at radius 2 is 1.96 bits per heavy atom. The number of carbonyl (C=O) groups excluding carboxylic acids is 1. The summed E-state index contributed by atoms with van der Waals surface area (Å²) >= 11 is 0. The molecule has 3 rings (SSSR count). The molecule has 2 N–H and O–H groups in total. The maximum absolute atomic E-state index is 12.7. The highest BCUT2D eigenvalue weighted by Crippen LogP contribution is 2.23. The summed E-state index contributed by atoms with van der Waals surface area (Å²) in [6.07, 6.45) is 2.08. The van der Waals surface area contributed by atoms with E-state index in [1.54, 1.807) is 24.3 Å². The monoisotopic (exact) mass is 351 g/mol. The average molecular weight is 351 g/mol. The van der Waals surface area contributed by atoms with Crippen molar-refractivity contribution in [3.63, 3.8) is 0 Å². The van der Waals surface area contributed by atoms with Crippen LogP contribution in [-0.2, 0) is 0 Å². The number of anilines is 1. The number of rotatable bonds is 6. The molecule has 3 aromatic rings. The number of aromatic nitrogens is 2. The van der Waals surface area contributed by atoms with Crippen LogP contribution in [0.2, 0.25) is 0 Å². The lowest BCUT2D eigenvalue weighted by molar-refractivity contribution is 0.102. The summed E-state index contributed by atoms with van der Waals surface area (Å²) in [6, 6.07) is 12.4. The number of benzene rings is 2. The third-order valence-electron chi connectivity index (χ3n) is 4.12. The second-order valence-corrected chi connectivity index (χ2v) is 6.08. The van der Waals surface area contributed by atoms with Crippen molar-refractivity contribution in [3.8, 4) is 5.75 Å². The normalized spacial score (nSPS) is 10.7. The summed E-state index contributed by atoms with van der Waals surface area (Å²) in [5.41, 5.74) is 1.43.